The number of nitrogens with one attached hydrogen (secondary N) is 1. The molecule has 0 unspecified atom stereocenters. The Kier molecular flexibility index (Phi) is 3.41. The highest BCUT2D eigenvalue weighted by Crippen LogP contribution is 2.32. The monoisotopic (exact) mass is 365 g/mol. The molecular formula is C8H5Br2N3O2S. The van der Waals surface area contributed by atoms with Crippen LogP contribution in [-0.4, -0.2) is 16.1 Å². The normalized spacial score (nSPS) is 10.4. The van der Waals surface area contributed by atoms with E-state index in [0.29, 0.717) is 11.5 Å². The molecule has 0 saturated carbocycles. The van der Waals surface area contributed by atoms with E-state index in [1.165, 1.54) is 11.3 Å². The van der Waals surface area contributed by atoms with Crippen molar-refractivity contribution < 1.29 is 9.21 Å². The van der Waals surface area contributed by atoms with E-state index in [-0.39, 0.29) is 11.9 Å². The van der Waals surface area contributed by atoms with Gasteiger partial charge in [-0.2, -0.15) is 0 Å². The molecule has 0 saturated heterocycles. The SMILES string of the molecule is Cc1nnc(NC(=O)c2cc(Br)sc2Br)o1. The number of carbonyl (C=O) groups is 1. The molecule has 5 nitrogen and oxygen atoms in total. The molecule has 1 N–H and O–H groups in total. The third kappa shape index (κ3) is 2.50. The number of carbonyl (C=O) groups excluding carboxylic acids is 1. The highest BCUT2D eigenvalue weighted by Gasteiger charge is 2.15. The van der Waals surface area contributed by atoms with Crippen LogP contribution in [0.4, 0.5) is 6.01 Å². The van der Waals surface area contributed by atoms with Crippen LogP contribution >= 0.6 is 43.2 Å². The summed E-state index contributed by atoms with van der Waals surface area (Å²) in [6.45, 7) is 1.65. The number of rotatable bonds is 2. The van der Waals surface area contributed by atoms with Gasteiger partial charge in [0.25, 0.3) is 5.91 Å². The number of aromatic nitrogens is 2. The van der Waals surface area contributed by atoms with E-state index >= 15 is 0 Å². The number of halogens is 2. The molecule has 2 rings (SSSR count). The van der Waals surface area contributed by atoms with Crippen LogP contribution in [0.5, 0.6) is 0 Å². The van der Waals surface area contributed by atoms with Crippen LogP contribution in [0.3, 0.4) is 0 Å². The van der Waals surface area contributed by atoms with Crippen molar-refractivity contribution in [2.24, 2.45) is 0 Å². The van der Waals surface area contributed by atoms with E-state index in [0.717, 1.165) is 7.57 Å². The quantitative estimate of drug-likeness (QED) is 0.885. The average molecular weight is 367 g/mol. The molecule has 2 aromatic rings. The molecule has 0 aromatic carbocycles. The van der Waals surface area contributed by atoms with Crippen molar-refractivity contribution in [2.45, 2.75) is 6.92 Å². The number of hydrogen-bond acceptors (Lipinski definition) is 5. The third-order valence-corrected chi connectivity index (χ3v) is 3.99. The van der Waals surface area contributed by atoms with Crippen molar-refractivity contribution in [3.8, 4) is 0 Å². The minimum atomic E-state index is -0.294. The highest BCUT2D eigenvalue weighted by molar-refractivity contribution is 9.12. The van der Waals surface area contributed by atoms with Crippen LogP contribution in [0.1, 0.15) is 16.2 Å². The van der Waals surface area contributed by atoms with Crippen LogP contribution in [0.2, 0.25) is 0 Å². The Labute approximate surface area is 112 Å². The summed E-state index contributed by atoms with van der Waals surface area (Å²) < 4.78 is 6.66. The molecule has 0 aliphatic carbocycles. The zero-order chi connectivity index (χ0) is 11.7. The molecule has 16 heavy (non-hydrogen) atoms. The molecule has 2 aromatic heterocycles. The predicted octanol–water partition coefficient (Wildman–Crippen LogP) is 3.22. The fourth-order valence-electron chi connectivity index (χ4n) is 1.01. The number of hydrogen-bond donors (Lipinski definition) is 1. The number of anilines is 1. The zero-order valence-corrected chi connectivity index (χ0v) is 11.9. The van der Waals surface area contributed by atoms with Gasteiger partial charge >= 0.3 is 6.01 Å². The van der Waals surface area contributed by atoms with Gasteiger partial charge in [0, 0.05) is 6.92 Å². The lowest BCUT2D eigenvalue weighted by Crippen LogP contribution is -2.11. The van der Waals surface area contributed by atoms with E-state index in [1.54, 1.807) is 13.0 Å². The maximum atomic E-state index is 11.8. The van der Waals surface area contributed by atoms with Gasteiger partial charge < -0.3 is 4.42 Å². The molecule has 8 heteroatoms. The first kappa shape index (κ1) is 11.7. The molecule has 0 spiro atoms. The van der Waals surface area contributed by atoms with Crippen LogP contribution in [-0.2, 0) is 0 Å². The third-order valence-electron chi connectivity index (χ3n) is 1.65. The van der Waals surface area contributed by atoms with Gasteiger partial charge in [-0.1, -0.05) is 5.10 Å². The molecule has 0 fully saturated rings. The summed E-state index contributed by atoms with van der Waals surface area (Å²) in [5.41, 5.74) is 0.521. The van der Waals surface area contributed by atoms with E-state index in [1.807, 2.05) is 0 Å². The van der Waals surface area contributed by atoms with Crippen molar-refractivity contribution in [3.05, 3.63) is 25.1 Å². The van der Waals surface area contributed by atoms with Gasteiger partial charge in [0.05, 0.1) is 13.1 Å². The summed E-state index contributed by atoms with van der Waals surface area (Å²) in [7, 11) is 0. The molecule has 0 aliphatic rings. The van der Waals surface area contributed by atoms with E-state index in [2.05, 4.69) is 47.4 Å². The Morgan fingerprint density at radius 2 is 2.25 bits per heavy atom. The summed E-state index contributed by atoms with van der Waals surface area (Å²) in [6.07, 6.45) is 0. The summed E-state index contributed by atoms with van der Waals surface area (Å²) in [5.74, 6) is 0.110. The zero-order valence-electron chi connectivity index (χ0n) is 7.95. The highest BCUT2D eigenvalue weighted by atomic mass is 79.9. The number of thiophene rings is 1. The molecular weight excluding hydrogens is 362 g/mol. The van der Waals surface area contributed by atoms with Crippen LogP contribution < -0.4 is 5.32 Å². The maximum absolute atomic E-state index is 11.8. The Balaban J connectivity index is 2.17. The second kappa shape index (κ2) is 4.64. The fraction of sp³-hybridized carbons (Fsp3) is 0.125. The summed E-state index contributed by atoms with van der Waals surface area (Å²) >= 11 is 8.01. The summed E-state index contributed by atoms with van der Waals surface area (Å²) in [6, 6.07) is 1.81. The number of nitrogens with zero attached hydrogens (tertiary/aromatic N) is 2. The standard InChI is InChI=1S/C8H5Br2N3O2S/c1-3-12-13-8(15-3)11-7(14)4-2-5(9)16-6(4)10/h2H,1H3,(H,11,13,14). The van der Waals surface area contributed by atoms with E-state index in [4.69, 9.17) is 4.42 Å². The first-order chi connectivity index (χ1) is 7.56. The fourth-order valence-corrected chi connectivity index (χ4v) is 3.80. The van der Waals surface area contributed by atoms with Crippen molar-refractivity contribution in [3.63, 3.8) is 0 Å². The molecule has 2 heterocycles. The first-order valence-corrected chi connectivity index (χ1v) is 6.53. The molecule has 0 bridgehead atoms. The Hall–Kier alpha value is -0.730. The van der Waals surface area contributed by atoms with Crippen molar-refractivity contribution in [1.29, 1.82) is 0 Å². The van der Waals surface area contributed by atoms with Crippen LogP contribution in [0, 0.1) is 6.92 Å². The molecule has 0 aliphatic heterocycles. The molecule has 84 valence electrons. The van der Waals surface area contributed by atoms with Gasteiger partial charge in [0.1, 0.15) is 0 Å². The average Bonchev–Trinajstić information content (AvgIpc) is 2.73. The van der Waals surface area contributed by atoms with Crippen LogP contribution in [0.25, 0.3) is 0 Å². The maximum Gasteiger partial charge on any atom is 0.322 e. The van der Waals surface area contributed by atoms with Crippen LogP contribution in [0.15, 0.2) is 18.1 Å². The molecule has 0 atom stereocenters. The second-order valence-electron chi connectivity index (χ2n) is 2.82. The van der Waals surface area contributed by atoms with E-state index in [9.17, 15) is 4.79 Å². The van der Waals surface area contributed by atoms with Gasteiger partial charge in [-0.05, 0) is 37.9 Å². The lowest BCUT2D eigenvalue weighted by atomic mass is 10.3. The molecule has 0 radical (unpaired) electrons. The predicted molar refractivity (Wildman–Crippen MR) is 66.7 cm³/mol. The van der Waals surface area contributed by atoms with Gasteiger partial charge in [-0.25, -0.2) is 0 Å². The van der Waals surface area contributed by atoms with Gasteiger partial charge in [-0.3, -0.25) is 10.1 Å². The Morgan fingerprint density at radius 1 is 1.50 bits per heavy atom. The van der Waals surface area contributed by atoms with E-state index < -0.39 is 0 Å². The minimum Gasteiger partial charge on any atom is -0.408 e. The number of aryl methyl sites for hydroxylation is 1. The first-order valence-electron chi connectivity index (χ1n) is 4.12. The van der Waals surface area contributed by atoms with Gasteiger partial charge in [0.15, 0.2) is 0 Å². The summed E-state index contributed by atoms with van der Waals surface area (Å²) in [5, 5.41) is 9.80. The smallest absolute Gasteiger partial charge is 0.322 e. The van der Waals surface area contributed by atoms with Gasteiger partial charge in [-0.15, -0.1) is 16.4 Å². The largest absolute Gasteiger partial charge is 0.408 e. The topological polar surface area (TPSA) is 68.0 Å². The van der Waals surface area contributed by atoms with Crippen molar-refractivity contribution in [2.75, 3.05) is 5.32 Å². The van der Waals surface area contributed by atoms with Crippen molar-refractivity contribution >= 4 is 55.1 Å². The number of amides is 1. The molecule has 1 amide bonds. The summed E-state index contributed by atoms with van der Waals surface area (Å²) in [4.78, 5) is 11.8. The minimum absolute atomic E-state index is 0.0942. The Morgan fingerprint density at radius 3 is 2.75 bits per heavy atom. The second-order valence-corrected chi connectivity index (χ2v) is 6.57. The Bertz CT molecular complexity index is 537. The van der Waals surface area contributed by atoms with Crippen molar-refractivity contribution in [1.82, 2.24) is 10.2 Å². The lowest BCUT2D eigenvalue weighted by molar-refractivity contribution is 0.102. The lowest BCUT2D eigenvalue weighted by Gasteiger charge is -1.97. The van der Waals surface area contributed by atoms with Gasteiger partial charge in [0.2, 0.25) is 5.89 Å².